The van der Waals surface area contributed by atoms with Gasteiger partial charge >= 0.3 is 0 Å². The number of piperazine rings is 1. The lowest BCUT2D eigenvalue weighted by Gasteiger charge is -2.33. The van der Waals surface area contributed by atoms with Gasteiger partial charge in [-0.15, -0.1) is 0 Å². The molecular weight excluding hydrogens is 396 g/mol. The van der Waals surface area contributed by atoms with Gasteiger partial charge in [0.2, 0.25) is 0 Å². The van der Waals surface area contributed by atoms with Crippen molar-refractivity contribution in [1.29, 1.82) is 0 Å². The number of benzene rings is 1. The zero-order valence-corrected chi connectivity index (χ0v) is 18.6. The highest BCUT2D eigenvalue weighted by atomic mass is 15.3. The van der Waals surface area contributed by atoms with E-state index in [1.54, 1.807) is 0 Å². The number of nitrogens with one attached hydrogen (secondary N) is 1. The Morgan fingerprint density at radius 3 is 2.41 bits per heavy atom. The number of hydrogen-bond donors (Lipinski definition) is 1. The van der Waals surface area contributed by atoms with Gasteiger partial charge in [0.05, 0.1) is 0 Å². The summed E-state index contributed by atoms with van der Waals surface area (Å²) in [5.41, 5.74) is 4.62. The predicted molar refractivity (Wildman–Crippen MR) is 131 cm³/mol. The molecular formula is C26H28N6. The fourth-order valence-corrected chi connectivity index (χ4v) is 4.13. The van der Waals surface area contributed by atoms with Crippen LogP contribution in [0.25, 0.3) is 21.9 Å². The summed E-state index contributed by atoms with van der Waals surface area (Å²) in [4.78, 5) is 18.3. The summed E-state index contributed by atoms with van der Waals surface area (Å²) in [6, 6.07) is 17.0. The molecule has 0 amide bonds. The second-order valence-electron chi connectivity index (χ2n) is 8.45. The van der Waals surface area contributed by atoms with E-state index in [1.165, 1.54) is 16.7 Å². The van der Waals surface area contributed by atoms with Crippen LogP contribution in [0.2, 0.25) is 0 Å². The highest BCUT2D eigenvalue weighted by Gasteiger charge is 2.16. The van der Waals surface area contributed by atoms with Gasteiger partial charge in [-0.25, -0.2) is 9.97 Å². The topological polar surface area (TPSA) is 57.2 Å². The summed E-state index contributed by atoms with van der Waals surface area (Å²) in [6.45, 7) is 6.90. The van der Waals surface area contributed by atoms with E-state index < -0.39 is 0 Å². The van der Waals surface area contributed by atoms with Gasteiger partial charge in [-0.05, 0) is 60.3 Å². The second-order valence-corrected chi connectivity index (χ2v) is 8.45. The third-order valence-electron chi connectivity index (χ3n) is 6.11. The van der Waals surface area contributed by atoms with Crippen LogP contribution in [0.4, 0.5) is 11.6 Å². The molecule has 0 atom stereocenters. The van der Waals surface area contributed by atoms with E-state index in [9.17, 15) is 0 Å². The smallest absolute Gasteiger partial charge is 0.135 e. The van der Waals surface area contributed by atoms with Crippen molar-refractivity contribution >= 4 is 22.4 Å². The van der Waals surface area contributed by atoms with E-state index in [0.29, 0.717) is 6.54 Å². The normalized spacial score (nSPS) is 14.6. The highest BCUT2D eigenvalue weighted by molar-refractivity contribution is 5.92. The first-order chi connectivity index (χ1) is 15.7. The summed E-state index contributed by atoms with van der Waals surface area (Å²) in [5.74, 6) is 1.92. The average Bonchev–Trinajstić information content (AvgIpc) is 2.83. The van der Waals surface area contributed by atoms with Gasteiger partial charge in [-0.2, -0.15) is 0 Å². The number of aryl methyl sites for hydroxylation is 1. The summed E-state index contributed by atoms with van der Waals surface area (Å²) in [7, 11) is 2.17. The molecule has 1 aliphatic heterocycles. The fraction of sp³-hybridized carbons (Fsp3) is 0.269. The number of aromatic nitrogens is 3. The quantitative estimate of drug-likeness (QED) is 0.514. The van der Waals surface area contributed by atoms with Gasteiger partial charge in [0.1, 0.15) is 11.6 Å². The summed E-state index contributed by atoms with van der Waals surface area (Å²) in [5, 5.41) is 5.71. The Kier molecular flexibility index (Phi) is 5.69. The Labute approximate surface area is 189 Å². The van der Waals surface area contributed by atoms with Crippen LogP contribution in [-0.2, 0) is 6.54 Å². The van der Waals surface area contributed by atoms with Crippen molar-refractivity contribution in [2.24, 2.45) is 0 Å². The van der Waals surface area contributed by atoms with Gasteiger partial charge in [0, 0.05) is 62.4 Å². The SMILES string of the molecule is Cc1cc(-c2ccc(CNc3nccc4cc(N5CCN(C)CC5)ncc34)cc2)ccn1. The third kappa shape index (κ3) is 4.41. The number of hydrogen-bond acceptors (Lipinski definition) is 6. The van der Waals surface area contributed by atoms with Crippen molar-refractivity contribution in [2.75, 3.05) is 43.4 Å². The molecule has 0 spiro atoms. The van der Waals surface area contributed by atoms with Crippen LogP contribution in [0, 0.1) is 6.92 Å². The first-order valence-corrected chi connectivity index (χ1v) is 11.1. The van der Waals surface area contributed by atoms with Crippen LogP contribution in [0.15, 0.2) is 67.1 Å². The number of rotatable bonds is 5. The maximum atomic E-state index is 4.75. The van der Waals surface area contributed by atoms with Crippen LogP contribution in [0.3, 0.4) is 0 Å². The minimum absolute atomic E-state index is 0.710. The molecule has 6 heteroatoms. The molecule has 6 nitrogen and oxygen atoms in total. The molecule has 32 heavy (non-hydrogen) atoms. The Bertz CT molecular complexity index is 1210. The first-order valence-electron chi connectivity index (χ1n) is 11.1. The lowest BCUT2D eigenvalue weighted by molar-refractivity contribution is 0.312. The highest BCUT2D eigenvalue weighted by Crippen LogP contribution is 2.25. The molecule has 0 aliphatic carbocycles. The molecule has 4 heterocycles. The van der Waals surface area contributed by atoms with E-state index in [0.717, 1.165) is 54.3 Å². The largest absolute Gasteiger partial charge is 0.365 e. The van der Waals surface area contributed by atoms with Crippen LogP contribution in [-0.4, -0.2) is 53.1 Å². The number of pyridine rings is 3. The monoisotopic (exact) mass is 424 g/mol. The molecule has 1 aliphatic rings. The van der Waals surface area contributed by atoms with Gasteiger partial charge < -0.3 is 15.1 Å². The van der Waals surface area contributed by atoms with Crippen LogP contribution in [0.1, 0.15) is 11.3 Å². The standard InChI is InChI=1S/C26H28N6/c1-19-15-22(7-9-27-19)21-5-3-20(4-6-21)17-30-26-24-18-29-25(16-23(24)8-10-28-26)32-13-11-31(2)12-14-32/h3-10,15-16,18H,11-14,17H2,1-2H3,(H,28,30). The molecule has 1 fully saturated rings. The Hall–Kier alpha value is -3.51. The maximum absolute atomic E-state index is 4.75. The molecule has 0 saturated carbocycles. The van der Waals surface area contributed by atoms with Crippen LogP contribution >= 0.6 is 0 Å². The molecule has 162 valence electrons. The zero-order chi connectivity index (χ0) is 21.9. The van der Waals surface area contributed by atoms with E-state index in [1.807, 2.05) is 31.6 Å². The molecule has 3 aromatic heterocycles. The molecule has 1 aromatic carbocycles. The molecule has 0 unspecified atom stereocenters. The van der Waals surface area contributed by atoms with Crippen molar-refractivity contribution in [3.63, 3.8) is 0 Å². The molecule has 4 aromatic rings. The van der Waals surface area contributed by atoms with Crippen LogP contribution < -0.4 is 10.2 Å². The van der Waals surface area contributed by atoms with E-state index in [4.69, 9.17) is 4.98 Å². The second kappa shape index (κ2) is 8.93. The van der Waals surface area contributed by atoms with Gasteiger partial charge in [0.15, 0.2) is 0 Å². The van der Waals surface area contributed by atoms with Crippen molar-refractivity contribution in [2.45, 2.75) is 13.5 Å². The Morgan fingerprint density at radius 2 is 1.62 bits per heavy atom. The lowest BCUT2D eigenvalue weighted by atomic mass is 10.0. The first kappa shape index (κ1) is 20.4. The number of fused-ring (bicyclic) bond motifs is 1. The minimum atomic E-state index is 0.710. The summed E-state index contributed by atoms with van der Waals surface area (Å²) in [6.07, 6.45) is 5.68. The van der Waals surface area contributed by atoms with E-state index >= 15 is 0 Å². The zero-order valence-electron chi connectivity index (χ0n) is 18.6. The van der Waals surface area contributed by atoms with Gasteiger partial charge in [-0.3, -0.25) is 4.98 Å². The average molecular weight is 425 g/mol. The lowest BCUT2D eigenvalue weighted by Crippen LogP contribution is -2.44. The van der Waals surface area contributed by atoms with E-state index in [-0.39, 0.29) is 0 Å². The van der Waals surface area contributed by atoms with Gasteiger partial charge in [0.25, 0.3) is 0 Å². The minimum Gasteiger partial charge on any atom is -0.365 e. The number of anilines is 2. The number of nitrogens with zero attached hydrogens (tertiary/aromatic N) is 5. The Morgan fingerprint density at radius 1 is 0.844 bits per heavy atom. The van der Waals surface area contributed by atoms with Crippen molar-refractivity contribution in [3.8, 4) is 11.1 Å². The predicted octanol–water partition coefficient (Wildman–Crippen LogP) is 4.36. The molecule has 0 bridgehead atoms. The molecule has 0 radical (unpaired) electrons. The summed E-state index contributed by atoms with van der Waals surface area (Å²) >= 11 is 0. The van der Waals surface area contributed by atoms with Crippen molar-refractivity contribution in [1.82, 2.24) is 19.9 Å². The third-order valence-corrected chi connectivity index (χ3v) is 6.11. The summed E-state index contributed by atoms with van der Waals surface area (Å²) < 4.78 is 0. The van der Waals surface area contributed by atoms with Crippen molar-refractivity contribution < 1.29 is 0 Å². The molecule has 5 rings (SSSR count). The fourth-order valence-electron chi connectivity index (χ4n) is 4.13. The Balaban J connectivity index is 1.30. The van der Waals surface area contributed by atoms with E-state index in [2.05, 4.69) is 74.6 Å². The molecule has 1 N–H and O–H groups in total. The maximum Gasteiger partial charge on any atom is 0.135 e. The van der Waals surface area contributed by atoms with Crippen LogP contribution in [0.5, 0.6) is 0 Å². The number of likely N-dealkylation sites (N-methyl/N-ethyl adjacent to an activating group) is 1. The van der Waals surface area contributed by atoms with Crippen molar-refractivity contribution in [3.05, 3.63) is 78.4 Å². The van der Waals surface area contributed by atoms with Gasteiger partial charge in [-0.1, -0.05) is 24.3 Å². The molecule has 1 saturated heterocycles.